The number of nitrogens with two attached hydrogens (primary N) is 1. The first-order valence-electron chi connectivity index (χ1n) is 4.03. The third-order valence-corrected chi connectivity index (χ3v) is 1.97. The van der Waals surface area contributed by atoms with Crippen molar-refractivity contribution in [2.24, 2.45) is 5.73 Å². The summed E-state index contributed by atoms with van der Waals surface area (Å²) < 4.78 is 17.3. The summed E-state index contributed by atoms with van der Waals surface area (Å²) in [6, 6.07) is 1.57. The van der Waals surface area contributed by atoms with Crippen LogP contribution in [0.1, 0.15) is 29.5 Å². The summed E-state index contributed by atoms with van der Waals surface area (Å²) in [6.45, 7) is 3.42. The summed E-state index contributed by atoms with van der Waals surface area (Å²) in [5.41, 5.74) is 6.72. The molecule has 0 amide bonds. The van der Waals surface area contributed by atoms with Gasteiger partial charge in [-0.15, -0.1) is 0 Å². The predicted molar refractivity (Wildman–Crippen MR) is 45.7 cm³/mol. The zero-order chi connectivity index (χ0) is 9.14. The van der Waals surface area contributed by atoms with Gasteiger partial charge in [-0.05, 0) is 31.9 Å². The Morgan fingerprint density at radius 3 is 2.67 bits per heavy atom. The van der Waals surface area contributed by atoms with Crippen LogP contribution in [0.3, 0.4) is 0 Å². The first-order chi connectivity index (χ1) is 5.65. The first-order valence-corrected chi connectivity index (χ1v) is 4.03. The molecule has 0 unspecified atom stereocenters. The molecule has 0 radical (unpaired) electrons. The molecule has 2 N–H and O–H groups in total. The van der Waals surface area contributed by atoms with Crippen LogP contribution < -0.4 is 5.73 Å². The lowest BCUT2D eigenvalue weighted by Gasteiger charge is -2.03. The lowest BCUT2D eigenvalue weighted by Crippen LogP contribution is -2.09. The quantitative estimate of drug-likeness (QED) is 0.757. The summed E-state index contributed by atoms with van der Waals surface area (Å²) in [6.07, 6.45) is 0.326. The van der Waals surface area contributed by atoms with Crippen LogP contribution in [0.15, 0.2) is 10.5 Å². The summed E-state index contributed by atoms with van der Waals surface area (Å²) in [5, 5.41) is 0. The van der Waals surface area contributed by atoms with Crippen LogP contribution in [-0.4, -0.2) is 6.67 Å². The van der Waals surface area contributed by atoms with Crippen molar-refractivity contribution < 1.29 is 8.81 Å². The second kappa shape index (κ2) is 3.72. The largest absolute Gasteiger partial charge is 0.464 e. The van der Waals surface area contributed by atoms with Gasteiger partial charge >= 0.3 is 0 Å². The molecule has 0 saturated carbocycles. The van der Waals surface area contributed by atoms with Crippen LogP contribution >= 0.6 is 0 Å². The monoisotopic (exact) mass is 171 g/mol. The van der Waals surface area contributed by atoms with Crippen molar-refractivity contribution in [2.45, 2.75) is 26.3 Å². The number of hydrogen-bond acceptors (Lipinski definition) is 2. The second-order valence-electron chi connectivity index (χ2n) is 2.97. The molecule has 0 aliphatic carbocycles. The molecule has 2 nitrogen and oxygen atoms in total. The zero-order valence-electron chi connectivity index (χ0n) is 7.43. The molecule has 1 rings (SSSR count). The van der Waals surface area contributed by atoms with Gasteiger partial charge in [-0.1, -0.05) is 0 Å². The molecule has 0 aromatic carbocycles. The highest BCUT2D eigenvalue weighted by Gasteiger charge is 2.11. The van der Waals surface area contributed by atoms with Crippen molar-refractivity contribution in [3.05, 3.63) is 23.2 Å². The molecule has 1 aromatic heterocycles. The topological polar surface area (TPSA) is 39.2 Å². The van der Waals surface area contributed by atoms with Crippen molar-refractivity contribution in [3.63, 3.8) is 0 Å². The minimum atomic E-state index is -0.403. The van der Waals surface area contributed by atoms with E-state index in [4.69, 9.17) is 10.2 Å². The molecule has 0 bridgehead atoms. The molecule has 1 heterocycles. The van der Waals surface area contributed by atoms with Crippen molar-refractivity contribution in [2.75, 3.05) is 6.67 Å². The van der Waals surface area contributed by atoms with Gasteiger partial charge in [0, 0.05) is 0 Å². The van der Waals surface area contributed by atoms with E-state index in [1.54, 1.807) is 0 Å². The van der Waals surface area contributed by atoms with E-state index in [2.05, 4.69) is 0 Å². The van der Waals surface area contributed by atoms with Gasteiger partial charge in [0.1, 0.15) is 11.5 Å². The van der Waals surface area contributed by atoms with Crippen LogP contribution in [0.25, 0.3) is 0 Å². The third-order valence-electron chi connectivity index (χ3n) is 1.97. The Balaban J connectivity index is 2.74. The molecule has 1 atom stereocenters. The molecule has 0 aliphatic heterocycles. The lowest BCUT2D eigenvalue weighted by atomic mass is 10.1. The lowest BCUT2D eigenvalue weighted by molar-refractivity contribution is 0.389. The first kappa shape index (κ1) is 9.26. The van der Waals surface area contributed by atoms with Crippen molar-refractivity contribution >= 4 is 0 Å². The summed E-state index contributed by atoms with van der Waals surface area (Å²) in [7, 11) is 0. The maximum Gasteiger partial charge on any atom is 0.121 e. The van der Waals surface area contributed by atoms with E-state index in [0.717, 1.165) is 11.3 Å². The number of furan rings is 1. The number of rotatable bonds is 3. The van der Waals surface area contributed by atoms with E-state index in [-0.39, 0.29) is 6.04 Å². The Kier molecular flexibility index (Phi) is 2.87. The Bertz CT molecular complexity index is 238. The minimum absolute atomic E-state index is 0.303. The molecule has 0 saturated heterocycles. The average molecular weight is 171 g/mol. The maximum absolute atomic E-state index is 11.9. The van der Waals surface area contributed by atoms with E-state index < -0.39 is 6.67 Å². The number of halogens is 1. The van der Waals surface area contributed by atoms with Gasteiger partial charge in [0.25, 0.3) is 0 Å². The van der Waals surface area contributed by atoms with E-state index >= 15 is 0 Å². The smallest absolute Gasteiger partial charge is 0.121 e. The fraction of sp³-hybridized carbons (Fsp3) is 0.556. The van der Waals surface area contributed by atoms with Gasteiger partial charge in [0.05, 0.1) is 12.7 Å². The van der Waals surface area contributed by atoms with Crippen molar-refractivity contribution in [1.82, 2.24) is 0 Å². The van der Waals surface area contributed by atoms with Crippen molar-refractivity contribution in [3.8, 4) is 0 Å². The van der Waals surface area contributed by atoms with E-state index in [0.29, 0.717) is 12.2 Å². The van der Waals surface area contributed by atoms with Crippen LogP contribution in [0.5, 0.6) is 0 Å². The molecule has 0 aliphatic rings. The maximum atomic E-state index is 11.9. The number of aryl methyl sites for hydroxylation is 2. The molecule has 0 spiro atoms. The fourth-order valence-electron chi connectivity index (χ4n) is 1.04. The molecule has 3 heteroatoms. The van der Waals surface area contributed by atoms with Crippen LogP contribution in [0.2, 0.25) is 0 Å². The van der Waals surface area contributed by atoms with Crippen LogP contribution in [-0.2, 0) is 0 Å². The van der Waals surface area contributed by atoms with E-state index in [1.807, 2.05) is 19.9 Å². The summed E-state index contributed by atoms with van der Waals surface area (Å²) in [5.74, 6) is 1.54. The van der Waals surface area contributed by atoms with Crippen LogP contribution in [0.4, 0.5) is 4.39 Å². The summed E-state index contributed by atoms with van der Waals surface area (Å²) in [4.78, 5) is 0. The zero-order valence-corrected chi connectivity index (χ0v) is 7.43. The summed E-state index contributed by atoms with van der Waals surface area (Å²) >= 11 is 0. The normalized spacial score (nSPS) is 13.3. The molecule has 68 valence electrons. The number of hydrogen-bond donors (Lipinski definition) is 1. The molecule has 1 aromatic rings. The Hall–Kier alpha value is -0.830. The number of alkyl halides is 1. The minimum Gasteiger partial charge on any atom is -0.464 e. The standard InChI is InChI=1S/C9H14FNO/c1-6-5-9(12-7(6)2)8(11)3-4-10/h5,8H,3-4,11H2,1-2H3/t8-/m1/s1. The highest BCUT2D eigenvalue weighted by atomic mass is 19.1. The van der Waals surface area contributed by atoms with Crippen molar-refractivity contribution in [1.29, 1.82) is 0 Å². The van der Waals surface area contributed by atoms with Crippen LogP contribution in [0, 0.1) is 13.8 Å². The molecular weight excluding hydrogens is 157 g/mol. The highest BCUT2D eigenvalue weighted by Crippen LogP contribution is 2.20. The van der Waals surface area contributed by atoms with Gasteiger partial charge in [-0.3, -0.25) is 4.39 Å². The van der Waals surface area contributed by atoms with Gasteiger partial charge in [-0.25, -0.2) is 0 Å². The Morgan fingerprint density at radius 2 is 2.25 bits per heavy atom. The SMILES string of the molecule is Cc1cc([C@H](N)CCF)oc1C. The van der Waals surface area contributed by atoms with Gasteiger partial charge in [-0.2, -0.15) is 0 Å². The molecule has 12 heavy (non-hydrogen) atoms. The molecular formula is C9H14FNO. The van der Waals surface area contributed by atoms with Gasteiger partial charge in [0.15, 0.2) is 0 Å². The van der Waals surface area contributed by atoms with Gasteiger partial charge < -0.3 is 10.2 Å². The Labute approximate surface area is 71.6 Å². The fourth-order valence-corrected chi connectivity index (χ4v) is 1.04. The highest BCUT2D eigenvalue weighted by molar-refractivity contribution is 5.20. The average Bonchev–Trinajstić information content (AvgIpc) is 2.33. The van der Waals surface area contributed by atoms with Gasteiger partial charge in [0.2, 0.25) is 0 Å². The third kappa shape index (κ3) is 1.85. The van der Waals surface area contributed by atoms with E-state index in [1.165, 1.54) is 0 Å². The Morgan fingerprint density at radius 1 is 1.58 bits per heavy atom. The molecule has 0 fully saturated rings. The second-order valence-corrected chi connectivity index (χ2v) is 2.97. The van der Waals surface area contributed by atoms with E-state index in [9.17, 15) is 4.39 Å². The predicted octanol–water partition coefficient (Wildman–Crippen LogP) is 2.26.